The van der Waals surface area contributed by atoms with Gasteiger partial charge in [0.2, 0.25) is 5.95 Å². The predicted octanol–water partition coefficient (Wildman–Crippen LogP) is 7.26. The van der Waals surface area contributed by atoms with Crippen LogP contribution in [0.3, 0.4) is 0 Å². The van der Waals surface area contributed by atoms with E-state index in [-0.39, 0.29) is 23.3 Å². The summed E-state index contributed by atoms with van der Waals surface area (Å²) < 4.78 is 9.63. The summed E-state index contributed by atoms with van der Waals surface area (Å²) in [6, 6.07) is 8.64. The molecule has 0 spiro atoms. The summed E-state index contributed by atoms with van der Waals surface area (Å²) >= 11 is 0. The molecule has 9 N–H and O–H groups in total. The Kier molecular flexibility index (Phi) is 14.6. The standard InChI is InChI=1S/C10H13N3.2C9H12N4.C9H11N3O.C8H11N5O/c1-7(2)13-6-4-8-9(11)3-5-12-10(8)13;1-6(2)13-5-12-8-7(10)3-4-11-9(8)13;1-6(2)8-5-11-9-7(10)3-4-12-13(8)9;1-6(2)12-5-11-8-7(13)3-4-10-9(8)12;1-4(2)13-3-10-5-6(13)11-8(9)12-7(5)14/h3-7H,1-2H3,(H2,11,12);3-6H,1-2H3,(H2,10,11);3-6H,10H2,1-2H3;4-6H,3H2,1-2H3;3-4H,1-2H3,(H3,9,11,12,14). The first-order valence-electron chi connectivity index (χ1n) is 21.6. The zero-order chi connectivity index (χ0) is 48.0. The van der Waals surface area contributed by atoms with Gasteiger partial charge in [0.15, 0.2) is 39.8 Å². The first kappa shape index (κ1) is 47.5. The molecule has 21 nitrogen and oxygen atoms in total. The maximum Gasteiger partial charge on any atom is 0.280 e. The van der Waals surface area contributed by atoms with Crippen molar-refractivity contribution in [3.05, 3.63) is 96.0 Å². The lowest BCUT2D eigenvalue weighted by molar-refractivity contribution is 0.0996. The van der Waals surface area contributed by atoms with Crippen LogP contribution in [-0.4, -0.2) is 79.8 Å². The number of hydrogen-bond donors (Lipinski definition) is 5. The van der Waals surface area contributed by atoms with E-state index in [0.717, 1.165) is 39.2 Å². The van der Waals surface area contributed by atoms with Crippen LogP contribution < -0.4 is 28.5 Å². The Morgan fingerprint density at radius 1 is 0.591 bits per heavy atom. The van der Waals surface area contributed by atoms with Crippen molar-refractivity contribution in [3.8, 4) is 0 Å². The highest BCUT2D eigenvalue weighted by Gasteiger charge is 2.21. The number of carbonyl (C=O) groups excluding carboxylic acids is 1. The van der Waals surface area contributed by atoms with Crippen LogP contribution in [0.25, 0.3) is 39.0 Å². The predicted molar refractivity (Wildman–Crippen MR) is 261 cm³/mol. The zero-order valence-electron chi connectivity index (χ0n) is 39.0. The van der Waals surface area contributed by atoms with Gasteiger partial charge in [0.05, 0.1) is 48.4 Å². The molecule has 0 saturated heterocycles. The molecule has 0 bridgehead atoms. The van der Waals surface area contributed by atoms with Crippen LogP contribution in [0, 0.1) is 0 Å². The quantitative estimate of drug-likeness (QED) is 0.114. The Morgan fingerprint density at radius 2 is 1.18 bits per heavy atom. The molecule has 0 amide bonds. The van der Waals surface area contributed by atoms with Gasteiger partial charge in [-0.1, -0.05) is 13.8 Å². The number of H-pyrrole nitrogens is 1. The number of hydrogen-bond acceptors (Lipinski definition) is 15. The number of pyridine rings is 2. The van der Waals surface area contributed by atoms with Gasteiger partial charge in [0.25, 0.3) is 5.56 Å². The Balaban J connectivity index is 0.000000136. The summed E-state index contributed by atoms with van der Waals surface area (Å²) in [5.74, 6) is 1.28. The van der Waals surface area contributed by atoms with E-state index >= 15 is 0 Å². The monoisotopic (exact) mass is 898 g/mol. The summed E-state index contributed by atoms with van der Waals surface area (Å²) in [4.78, 5) is 58.4. The maximum atomic E-state index is 11.4. The highest BCUT2D eigenvalue weighted by Crippen LogP contribution is 2.26. The van der Waals surface area contributed by atoms with Crippen molar-refractivity contribution in [2.24, 2.45) is 4.99 Å². The topological polar surface area (TPSA) is 294 Å². The van der Waals surface area contributed by atoms with Gasteiger partial charge in [-0.2, -0.15) is 10.1 Å². The van der Waals surface area contributed by atoms with Crippen molar-refractivity contribution in [3.63, 3.8) is 0 Å². The van der Waals surface area contributed by atoms with Crippen molar-refractivity contribution in [2.75, 3.05) is 22.9 Å². The first-order valence-corrected chi connectivity index (χ1v) is 21.6. The lowest BCUT2D eigenvalue weighted by Gasteiger charge is -2.10. The third-order valence-electron chi connectivity index (χ3n) is 10.4. The minimum absolute atomic E-state index is 0.0596. The van der Waals surface area contributed by atoms with Crippen LogP contribution >= 0.6 is 0 Å². The molecular formula is C45H59N19O2. The summed E-state index contributed by atoms with van der Waals surface area (Å²) in [7, 11) is 0. The smallest absolute Gasteiger partial charge is 0.280 e. The van der Waals surface area contributed by atoms with Gasteiger partial charge in [-0.25, -0.2) is 39.4 Å². The summed E-state index contributed by atoms with van der Waals surface area (Å²) in [5.41, 5.74) is 30.4. The van der Waals surface area contributed by atoms with Gasteiger partial charge in [-0.05, 0) is 85.6 Å². The number of fused-ring (bicyclic) bond motifs is 5. The fourth-order valence-corrected chi connectivity index (χ4v) is 6.84. The molecule has 0 saturated carbocycles. The molecule has 0 atom stereocenters. The molecule has 0 unspecified atom stereocenters. The molecule has 9 aromatic heterocycles. The van der Waals surface area contributed by atoms with E-state index in [1.807, 2.05) is 61.4 Å². The van der Waals surface area contributed by atoms with Crippen molar-refractivity contribution >= 4 is 79.8 Å². The van der Waals surface area contributed by atoms with E-state index in [4.69, 9.17) is 22.9 Å². The number of aromatic amines is 1. The molecule has 10 heterocycles. The number of aromatic nitrogens is 14. The Labute approximate surface area is 381 Å². The number of carbonyl (C=O) groups is 1. The van der Waals surface area contributed by atoms with Gasteiger partial charge in [0.1, 0.15) is 11.2 Å². The zero-order valence-corrected chi connectivity index (χ0v) is 39.0. The number of aliphatic imine (C=N–C) groups is 1. The first-order chi connectivity index (χ1) is 31.4. The molecule has 10 rings (SSSR count). The number of rotatable bonds is 5. The highest BCUT2D eigenvalue weighted by atomic mass is 16.1. The molecule has 1 aliphatic rings. The van der Waals surface area contributed by atoms with E-state index in [0.29, 0.717) is 64.5 Å². The number of ketones is 1. The summed E-state index contributed by atoms with van der Waals surface area (Å²) in [6.45, 7) is 20.7. The molecule has 0 fully saturated rings. The Bertz CT molecular complexity index is 2980. The second-order valence-corrected chi connectivity index (χ2v) is 16.9. The van der Waals surface area contributed by atoms with Gasteiger partial charge in [-0.3, -0.25) is 14.6 Å². The van der Waals surface area contributed by atoms with Crippen molar-refractivity contribution < 1.29 is 4.79 Å². The van der Waals surface area contributed by atoms with E-state index in [2.05, 4.69) is 96.1 Å². The maximum absolute atomic E-state index is 11.4. The van der Waals surface area contributed by atoms with Crippen molar-refractivity contribution in [1.29, 1.82) is 0 Å². The number of anilines is 4. The van der Waals surface area contributed by atoms with E-state index < -0.39 is 0 Å². The lowest BCUT2D eigenvalue weighted by Crippen LogP contribution is -2.12. The molecule has 1 aliphatic heterocycles. The number of nitrogen functional groups attached to an aromatic ring is 4. The number of Topliss-reactive ketones (excluding diaryl/α,β-unsaturated/α-hetero) is 1. The second-order valence-electron chi connectivity index (χ2n) is 16.9. The minimum atomic E-state index is -0.299. The molecule has 0 aromatic carbocycles. The summed E-state index contributed by atoms with van der Waals surface area (Å²) in [5, 5.41) is 5.24. The second kappa shape index (κ2) is 20.2. The van der Waals surface area contributed by atoms with Crippen molar-refractivity contribution in [1.82, 2.24) is 67.8 Å². The Morgan fingerprint density at radius 3 is 1.83 bits per heavy atom. The van der Waals surface area contributed by atoms with E-state index in [1.165, 1.54) is 0 Å². The molecule has 0 radical (unpaired) electrons. The van der Waals surface area contributed by atoms with Crippen LogP contribution in [0.2, 0.25) is 0 Å². The van der Waals surface area contributed by atoms with Crippen LogP contribution in [0.15, 0.2) is 84.0 Å². The van der Waals surface area contributed by atoms with Gasteiger partial charge < -0.3 is 41.2 Å². The molecular weight excluding hydrogens is 839 g/mol. The highest BCUT2D eigenvalue weighted by molar-refractivity contribution is 6.08. The van der Waals surface area contributed by atoms with Gasteiger partial charge in [-0.15, -0.1) is 0 Å². The van der Waals surface area contributed by atoms with Gasteiger partial charge >= 0.3 is 0 Å². The molecule has 21 heteroatoms. The third kappa shape index (κ3) is 10.2. The SMILES string of the molecule is CC(C)c1cnc2c(N)ccnn12.CC(C)n1ccc2c(N)ccnc21.CC(C)n1cnc2c(=O)[nH]c(N)nc21.CC(C)n1cnc2c(N)ccnc21.CC(C)n1cnc2c1N=CCC2=O. The van der Waals surface area contributed by atoms with Crippen LogP contribution in [0.1, 0.15) is 122 Å². The number of nitrogens with zero attached hydrogens (tertiary/aromatic N) is 14. The van der Waals surface area contributed by atoms with Gasteiger partial charge in [0, 0.05) is 66.5 Å². The lowest BCUT2D eigenvalue weighted by atomic mass is 10.2. The fourth-order valence-electron chi connectivity index (χ4n) is 6.84. The number of nitrogens with two attached hydrogens (primary N) is 4. The number of imidazole rings is 4. The minimum Gasteiger partial charge on any atom is -0.398 e. The van der Waals surface area contributed by atoms with E-state index in [1.54, 1.807) is 65.0 Å². The van der Waals surface area contributed by atoms with E-state index in [9.17, 15) is 9.59 Å². The molecule has 9 aromatic rings. The number of nitrogens with one attached hydrogen (secondary N) is 1. The third-order valence-corrected chi connectivity index (χ3v) is 10.4. The Hall–Kier alpha value is -7.97. The molecule has 0 aliphatic carbocycles. The largest absolute Gasteiger partial charge is 0.398 e. The van der Waals surface area contributed by atoms with Crippen LogP contribution in [0.4, 0.5) is 28.8 Å². The summed E-state index contributed by atoms with van der Waals surface area (Å²) in [6.07, 6.45) is 16.1. The molecule has 66 heavy (non-hydrogen) atoms. The molecule has 346 valence electrons. The average molecular weight is 898 g/mol. The average Bonchev–Trinajstić information content (AvgIpc) is 4.11. The van der Waals surface area contributed by atoms with Crippen molar-refractivity contribution in [2.45, 2.75) is 106 Å². The van der Waals surface area contributed by atoms with Crippen LogP contribution in [0.5, 0.6) is 0 Å². The van der Waals surface area contributed by atoms with Crippen LogP contribution in [-0.2, 0) is 0 Å². The normalized spacial score (nSPS) is 12.1. The fraction of sp³-hybridized carbons (Fsp3) is 0.356.